The highest BCUT2D eigenvalue weighted by molar-refractivity contribution is 9.10. The number of alkyl halides is 2. The number of nitrogens with one attached hydrogen (secondary N) is 1. The fraction of sp³-hybridized carbons (Fsp3) is 0.250. The van der Waals surface area contributed by atoms with Crippen LogP contribution in [0.3, 0.4) is 0 Å². The van der Waals surface area contributed by atoms with E-state index >= 15 is 0 Å². The molecule has 0 spiro atoms. The van der Waals surface area contributed by atoms with Gasteiger partial charge in [0.2, 0.25) is 0 Å². The highest BCUT2D eigenvalue weighted by Crippen LogP contribution is 2.19. The highest BCUT2D eigenvalue weighted by Gasteiger charge is 2.06. The number of rotatable bonds is 6. The minimum absolute atomic E-state index is 0.175. The summed E-state index contributed by atoms with van der Waals surface area (Å²) in [5.41, 5.74) is 2.19. The maximum atomic E-state index is 12.1. The average molecular weight is 356 g/mol. The molecule has 0 unspecified atom stereocenters. The summed E-state index contributed by atoms with van der Waals surface area (Å²) in [6.07, 6.45) is 0. The molecule has 0 heterocycles. The molecule has 0 radical (unpaired) electrons. The standard InChI is InChI=1S/C16H16BrF2NO/c1-11(13-3-2-4-14(17)9-13)20-10-12-5-7-15(8-6-12)21-16(18)19/h2-9,11,16,20H,10H2,1H3/t11-/m1/s1. The molecule has 1 atom stereocenters. The summed E-state index contributed by atoms with van der Waals surface area (Å²) >= 11 is 3.45. The predicted octanol–water partition coefficient (Wildman–Crippen LogP) is 4.90. The van der Waals surface area contributed by atoms with Gasteiger partial charge in [-0.3, -0.25) is 0 Å². The lowest BCUT2D eigenvalue weighted by Crippen LogP contribution is -2.18. The second kappa shape index (κ2) is 7.52. The molecule has 2 rings (SSSR count). The van der Waals surface area contributed by atoms with Crippen LogP contribution in [0.4, 0.5) is 8.78 Å². The highest BCUT2D eigenvalue weighted by atomic mass is 79.9. The number of halogens is 3. The van der Waals surface area contributed by atoms with Crippen LogP contribution in [0.5, 0.6) is 5.75 Å². The van der Waals surface area contributed by atoms with E-state index in [1.165, 1.54) is 5.56 Å². The molecule has 2 nitrogen and oxygen atoms in total. The van der Waals surface area contributed by atoms with E-state index in [4.69, 9.17) is 0 Å². The van der Waals surface area contributed by atoms with Gasteiger partial charge in [0.1, 0.15) is 5.75 Å². The first-order valence-electron chi connectivity index (χ1n) is 6.57. The van der Waals surface area contributed by atoms with Crippen molar-refractivity contribution >= 4 is 15.9 Å². The minimum atomic E-state index is -2.79. The zero-order chi connectivity index (χ0) is 15.2. The molecule has 0 amide bonds. The van der Waals surface area contributed by atoms with Gasteiger partial charge in [0, 0.05) is 17.1 Å². The lowest BCUT2D eigenvalue weighted by atomic mass is 10.1. The molecular formula is C16H16BrF2NO. The van der Waals surface area contributed by atoms with Crippen LogP contribution in [0.15, 0.2) is 53.0 Å². The van der Waals surface area contributed by atoms with E-state index in [9.17, 15) is 8.78 Å². The molecule has 0 aliphatic carbocycles. The van der Waals surface area contributed by atoms with Crippen LogP contribution >= 0.6 is 15.9 Å². The van der Waals surface area contributed by atoms with E-state index in [-0.39, 0.29) is 11.8 Å². The lowest BCUT2D eigenvalue weighted by molar-refractivity contribution is -0.0498. The Morgan fingerprint density at radius 3 is 2.48 bits per heavy atom. The van der Waals surface area contributed by atoms with E-state index in [1.807, 2.05) is 12.1 Å². The van der Waals surface area contributed by atoms with E-state index in [0.29, 0.717) is 6.54 Å². The fourth-order valence-electron chi connectivity index (χ4n) is 1.95. The molecule has 112 valence electrons. The Labute approximate surface area is 131 Å². The smallest absolute Gasteiger partial charge is 0.387 e. The van der Waals surface area contributed by atoms with Crippen LogP contribution in [0.1, 0.15) is 24.1 Å². The van der Waals surface area contributed by atoms with Crippen molar-refractivity contribution < 1.29 is 13.5 Å². The van der Waals surface area contributed by atoms with Gasteiger partial charge in [-0.2, -0.15) is 8.78 Å². The van der Waals surface area contributed by atoms with Crippen molar-refractivity contribution in [1.29, 1.82) is 0 Å². The molecule has 0 aromatic heterocycles. The van der Waals surface area contributed by atoms with E-state index in [1.54, 1.807) is 24.3 Å². The third kappa shape index (κ3) is 5.10. The second-order valence-electron chi connectivity index (χ2n) is 4.68. The molecule has 1 N–H and O–H groups in total. The first-order chi connectivity index (χ1) is 10.0. The van der Waals surface area contributed by atoms with Crippen LogP contribution in [-0.2, 0) is 6.54 Å². The quantitative estimate of drug-likeness (QED) is 0.795. The molecule has 2 aromatic rings. The Hall–Kier alpha value is -1.46. The molecule has 0 saturated carbocycles. The van der Waals surface area contributed by atoms with Gasteiger partial charge >= 0.3 is 6.61 Å². The van der Waals surface area contributed by atoms with Crippen LogP contribution < -0.4 is 10.1 Å². The summed E-state index contributed by atoms with van der Waals surface area (Å²) < 4.78 is 29.5. The number of benzene rings is 2. The molecule has 2 aromatic carbocycles. The lowest BCUT2D eigenvalue weighted by Gasteiger charge is -2.15. The molecule has 0 fully saturated rings. The number of hydrogen-bond acceptors (Lipinski definition) is 2. The van der Waals surface area contributed by atoms with Gasteiger partial charge in [-0.1, -0.05) is 40.2 Å². The van der Waals surface area contributed by atoms with Crippen LogP contribution in [-0.4, -0.2) is 6.61 Å². The summed E-state index contributed by atoms with van der Waals surface area (Å²) in [4.78, 5) is 0. The molecule has 0 aliphatic heterocycles. The van der Waals surface area contributed by atoms with Crippen LogP contribution in [0.2, 0.25) is 0 Å². The Bertz CT molecular complexity index is 575. The van der Waals surface area contributed by atoms with Crippen molar-refractivity contribution in [2.75, 3.05) is 0 Å². The first-order valence-corrected chi connectivity index (χ1v) is 7.36. The maximum absolute atomic E-state index is 12.1. The molecule has 0 bridgehead atoms. The van der Waals surface area contributed by atoms with E-state index in [2.05, 4.69) is 45.0 Å². The van der Waals surface area contributed by atoms with Crippen molar-refractivity contribution in [3.8, 4) is 5.75 Å². The predicted molar refractivity (Wildman–Crippen MR) is 82.5 cm³/mol. The van der Waals surface area contributed by atoms with E-state index < -0.39 is 6.61 Å². The SMILES string of the molecule is C[C@@H](NCc1ccc(OC(F)F)cc1)c1cccc(Br)c1. The minimum Gasteiger partial charge on any atom is -0.435 e. The summed E-state index contributed by atoms with van der Waals surface area (Å²) in [7, 11) is 0. The Kier molecular flexibility index (Phi) is 5.70. The molecule has 5 heteroatoms. The summed E-state index contributed by atoms with van der Waals surface area (Å²) in [6.45, 7) is -0.0517. The largest absolute Gasteiger partial charge is 0.435 e. The molecule has 0 aliphatic rings. The van der Waals surface area contributed by atoms with Gasteiger partial charge in [-0.15, -0.1) is 0 Å². The van der Waals surface area contributed by atoms with Gasteiger partial charge in [-0.05, 0) is 42.3 Å². The number of ether oxygens (including phenoxy) is 1. The van der Waals surface area contributed by atoms with Crippen LogP contribution in [0.25, 0.3) is 0 Å². The van der Waals surface area contributed by atoms with E-state index in [0.717, 1.165) is 10.0 Å². The van der Waals surface area contributed by atoms with Crippen molar-refractivity contribution in [3.05, 3.63) is 64.1 Å². The summed E-state index contributed by atoms with van der Waals surface area (Å²) in [5, 5.41) is 3.39. The number of hydrogen-bond donors (Lipinski definition) is 1. The molecule has 0 saturated heterocycles. The second-order valence-corrected chi connectivity index (χ2v) is 5.60. The zero-order valence-electron chi connectivity index (χ0n) is 11.5. The van der Waals surface area contributed by atoms with Crippen molar-refractivity contribution in [2.45, 2.75) is 26.1 Å². The monoisotopic (exact) mass is 355 g/mol. The Balaban J connectivity index is 1.90. The fourth-order valence-corrected chi connectivity index (χ4v) is 2.37. The van der Waals surface area contributed by atoms with Crippen molar-refractivity contribution in [2.24, 2.45) is 0 Å². The Morgan fingerprint density at radius 2 is 1.86 bits per heavy atom. The third-order valence-corrected chi connectivity index (χ3v) is 3.60. The van der Waals surface area contributed by atoms with Crippen LogP contribution in [0, 0.1) is 0 Å². The Morgan fingerprint density at radius 1 is 1.14 bits per heavy atom. The molecular weight excluding hydrogens is 340 g/mol. The average Bonchev–Trinajstić information content (AvgIpc) is 2.45. The van der Waals surface area contributed by atoms with Crippen molar-refractivity contribution in [3.63, 3.8) is 0 Å². The van der Waals surface area contributed by atoms with Crippen molar-refractivity contribution in [1.82, 2.24) is 5.32 Å². The summed E-state index contributed by atoms with van der Waals surface area (Å²) in [6, 6.07) is 14.9. The zero-order valence-corrected chi connectivity index (χ0v) is 13.1. The molecule has 21 heavy (non-hydrogen) atoms. The van der Waals surface area contributed by atoms with Gasteiger partial charge in [-0.25, -0.2) is 0 Å². The third-order valence-electron chi connectivity index (χ3n) is 3.11. The maximum Gasteiger partial charge on any atom is 0.387 e. The summed E-state index contributed by atoms with van der Waals surface area (Å²) in [5.74, 6) is 0.175. The topological polar surface area (TPSA) is 21.3 Å². The van der Waals surface area contributed by atoms with Gasteiger partial charge in [0.15, 0.2) is 0 Å². The first kappa shape index (κ1) is 15.9. The van der Waals surface area contributed by atoms with Gasteiger partial charge in [0.05, 0.1) is 0 Å². The van der Waals surface area contributed by atoms with Gasteiger partial charge < -0.3 is 10.1 Å². The normalized spacial score (nSPS) is 12.4. The van der Waals surface area contributed by atoms with Gasteiger partial charge in [0.25, 0.3) is 0 Å².